The minimum atomic E-state index is -0.743. The number of nitrogens with zero attached hydrogens (tertiary/aromatic N) is 2. The van der Waals surface area contributed by atoms with E-state index in [1.165, 1.54) is 11.3 Å². The molecule has 0 amide bonds. The molecule has 1 aliphatic heterocycles. The standard InChI is InChI=1S/C27H26I2N2O6S/c1-6-36-24-17(28)10-15(11-18(24)29)12-21-25(32)31-23(16-8-9-19(34-4)20(13-16)35-5)22(26(33)37-7-2)14(3)30-27(31)38-21/h8-13,23H,6-7H2,1-5H3/b21-12-/t23-/m1/s1. The summed E-state index contributed by atoms with van der Waals surface area (Å²) >= 11 is 5.76. The zero-order valence-electron chi connectivity index (χ0n) is 21.5. The van der Waals surface area contributed by atoms with Crippen LogP contribution in [0.1, 0.15) is 37.9 Å². The predicted octanol–water partition coefficient (Wildman–Crippen LogP) is 4.42. The van der Waals surface area contributed by atoms with Crippen LogP contribution in [0.4, 0.5) is 0 Å². The number of rotatable bonds is 8. The Balaban J connectivity index is 1.94. The van der Waals surface area contributed by atoms with Gasteiger partial charge in [0.1, 0.15) is 5.75 Å². The summed E-state index contributed by atoms with van der Waals surface area (Å²) in [7, 11) is 3.10. The van der Waals surface area contributed by atoms with Gasteiger partial charge in [0.15, 0.2) is 16.3 Å². The monoisotopic (exact) mass is 760 g/mol. The average molecular weight is 760 g/mol. The third-order valence-corrected chi connectivity index (χ3v) is 8.43. The molecule has 4 rings (SSSR count). The quantitative estimate of drug-likeness (QED) is 0.250. The summed E-state index contributed by atoms with van der Waals surface area (Å²) in [6, 6.07) is 8.56. The molecule has 1 aromatic heterocycles. The molecule has 0 fully saturated rings. The summed E-state index contributed by atoms with van der Waals surface area (Å²) in [5.74, 6) is 1.35. The molecule has 0 bridgehead atoms. The average Bonchev–Trinajstić information content (AvgIpc) is 3.19. The minimum Gasteiger partial charge on any atom is -0.493 e. The van der Waals surface area contributed by atoms with E-state index in [0.717, 1.165) is 18.5 Å². The first-order chi connectivity index (χ1) is 18.2. The summed E-state index contributed by atoms with van der Waals surface area (Å²) in [4.78, 5) is 32.1. The highest BCUT2D eigenvalue weighted by Crippen LogP contribution is 2.36. The van der Waals surface area contributed by atoms with Crippen molar-refractivity contribution in [1.29, 1.82) is 0 Å². The van der Waals surface area contributed by atoms with Gasteiger partial charge in [-0.25, -0.2) is 9.79 Å². The molecule has 0 saturated heterocycles. The van der Waals surface area contributed by atoms with E-state index in [-0.39, 0.29) is 12.2 Å². The number of methoxy groups -OCH3 is 2. The van der Waals surface area contributed by atoms with Crippen molar-refractivity contribution < 1.29 is 23.7 Å². The molecular formula is C27H26I2N2O6S. The van der Waals surface area contributed by atoms with Crippen molar-refractivity contribution >= 4 is 68.6 Å². The lowest BCUT2D eigenvalue weighted by atomic mass is 9.95. The summed E-state index contributed by atoms with van der Waals surface area (Å²) in [6.07, 6.45) is 1.85. The van der Waals surface area contributed by atoms with Gasteiger partial charge in [-0.3, -0.25) is 9.36 Å². The molecule has 0 saturated carbocycles. The Labute approximate surface area is 251 Å². The molecule has 0 N–H and O–H groups in total. The number of aromatic nitrogens is 1. The second-order valence-electron chi connectivity index (χ2n) is 8.16. The largest absolute Gasteiger partial charge is 0.493 e. The Morgan fingerprint density at radius 2 is 1.76 bits per heavy atom. The Kier molecular flexibility index (Phi) is 9.19. The summed E-state index contributed by atoms with van der Waals surface area (Å²) < 4.78 is 26.0. The Hall–Kier alpha value is -2.39. The summed E-state index contributed by atoms with van der Waals surface area (Å²) in [5.41, 5.74) is 2.11. The molecule has 3 aromatic rings. The van der Waals surface area contributed by atoms with Crippen molar-refractivity contribution in [3.63, 3.8) is 0 Å². The lowest BCUT2D eigenvalue weighted by molar-refractivity contribution is -0.139. The molecule has 38 heavy (non-hydrogen) atoms. The fraction of sp³-hybridized carbons (Fsp3) is 0.296. The van der Waals surface area contributed by atoms with Crippen molar-refractivity contribution in [3.05, 3.63) is 79.6 Å². The van der Waals surface area contributed by atoms with Gasteiger partial charge in [0.25, 0.3) is 5.56 Å². The number of carbonyl (C=O) groups excluding carboxylic acids is 1. The lowest BCUT2D eigenvalue weighted by Crippen LogP contribution is -2.40. The number of thiazole rings is 1. The van der Waals surface area contributed by atoms with Crippen LogP contribution in [0.3, 0.4) is 0 Å². The molecule has 0 spiro atoms. The van der Waals surface area contributed by atoms with Crippen molar-refractivity contribution in [2.75, 3.05) is 27.4 Å². The van der Waals surface area contributed by atoms with Crippen LogP contribution >= 0.6 is 56.5 Å². The topological polar surface area (TPSA) is 88.4 Å². The van der Waals surface area contributed by atoms with Crippen LogP contribution in [-0.4, -0.2) is 38.0 Å². The zero-order chi connectivity index (χ0) is 27.6. The van der Waals surface area contributed by atoms with Crippen LogP contribution < -0.4 is 29.1 Å². The van der Waals surface area contributed by atoms with E-state index >= 15 is 0 Å². The number of ether oxygens (including phenoxy) is 4. The van der Waals surface area contributed by atoms with Gasteiger partial charge in [0.05, 0.1) is 56.4 Å². The number of benzene rings is 2. The number of halogens is 2. The van der Waals surface area contributed by atoms with Gasteiger partial charge in [-0.2, -0.15) is 0 Å². The number of fused-ring (bicyclic) bond motifs is 1. The first-order valence-corrected chi connectivity index (χ1v) is 14.7. The van der Waals surface area contributed by atoms with Crippen LogP contribution in [0.5, 0.6) is 17.2 Å². The van der Waals surface area contributed by atoms with E-state index < -0.39 is 12.0 Å². The fourth-order valence-electron chi connectivity index (χ4n) is 4.23. The van der Waals surface area contributed by atoms with Gasteiger partial charge in [0.2, 0.25) is 0 Å². The molecule has 11 heteroatoms. The fourth-order valence-corrected chi connectivity index (χ4v) is 7.40. The van der Waals surface area contributed by atoms with Crippen molar-refractivity contribution in [2.45, 2.75) is 26.8 Å². The SMILES string of the molecule is CCOC(=O)C1=C(C)N=c2s/c(=C\c3cc(I)c(OCC)c(I)c3)c(=O)n2[C@@H]1c1ccc(OC)c(OC)c1. The van der Waals surface area contributed by atoms with Crippen molar-refractivity contribution in [1.82, 2.24) is 4.57 Å². The Morgan fingerprint density at radius 3 is 2.37 bits per heavy atom. The molecule has 1 aliphatic rings. The maximum atomic E-state index is 13.9. The molecule has 8 nitrogen and oxygen atoms in total. The highest BCUT2D eigenvalue weighted by molar-refractivity contribution is 14.1. The summed E-state index contributed by atoms with van der Waals surface area (Å²) in [6.45, 7) is 6.22. The van der Waals surface area contributed by atoms with Crippen molar-refractivity contribution in [3.8, 4) is 17.2 Å². The number of carbonyl (C=O) groups is 1. The van der Waals surface area contributed by atoms with E-state index in [1.807, 2.05) is 31.2 Å². The molecule has 0 unspecified atom stereocenters. The highest BCUT2D eigenvalue weighted by Gasteiger charge is 2.34. The van der Waals surface area contributed by atoms with E-state index in [2.05, 4.69) is 50.2 Å². The molecule has 1 atom stereocenters. The van der Waals surface area contributed by atoms with Crippen LogP contribution in [-0.2, 0) is 9.53 Å². The molecule has 0 radical (unpaired) electrons. The van der Waals surface area contributed by atoms with Crippen LogP contribution in [0.25, 0.3) is 6.08 Å². The Bertz CT molecular complexity index is 1590. The van der Waals surface area contributed by atoms with Gasteiger partial charge in [-0.1, -0.05) is 17.4 Å². The number of allylic oxidation sites excluding steroid dienone is 1. The molecule has 0 aliphatic carbocycles. The number of hydrogen-bond donors (Lipinski definition) is 0. The molecular weight excluding hydrogens is 734 g/mol. The van der Waals surface area contributed by atoms with E-state index in [0.29, 0.717) is 44.3 Å². The van der Waals surface area contributed by atoms with Crippen LogP contribution in [0.2, 0.25) is 0 Å². The number of hydrogen-bond acceptors (Lipinski definition) is 8. The van der Waals surface area contributed by atoms with E-state index in [1.54, 1.807) is 44.8 Å². The predicted molar refractivity (Wildman–Crippen MR) is 163 cm³/mol. The third-order valence-electron chi connectivity index (χ3n) is 5.85. The van der Waals surface area contributed by atoms with Gasteiger partial charge in [0, 0.05) is 0 Å². The second-order valence-corrected chi connectivity index (χ2v) is 11.5. The maximum absolute atomic E-state index is 13.9. The van der Waals surface area contributed by atoms with Crippen LogP contribution in [0, 0.1) is 7.14 Å². The molecule has 200 valence electrons. The molecule has 2 heterocycles. The van der Waals surface area contributed by atoms with Gasteiger partial charge >= 0.3 is 5.97 Å². The highest BCUT2D eigenvalue weighted by atomic mass is 127. The maximum Gasteiger partial charge on any atom is 0.338 e. The van der Waals surface area contributed by atoms with E-state index in [9.17, 15) is 9.59 Å². The van der Waals surface area contributed by atoms with Gasteiger partial charge < -0.3 is 18.9 Å². The minimum absolute atomic E-state index is 0.202. The van der Waals surface area contributed by atoms with Crippen LogP contribution in [0.15, 0.2) is 51.4 Å². The normalized spacial score (nSPS) is 15.1. The van der Waals surface area contributed by atoms with Gasteiger partial charge in [-0.05, 0) is 107 Å². The van der Waals surface area contributed by atoms with Gasteiger partial charge in [-0.15, -0.1) is 0 Å². The lowest BCUT2D eigenvalue weighted by Gasteiger charge is -2.25. The Morgan fingerprint density at radius 1 is 1.08 bits per heavy atom. The van der Waals surface area contributed by atoms with E-state index in [4.69, 9.17) is 18.9 Å². The van der Waals surface area contributed by atoms with Crippen molar-refractivity contribution in [2.24, 2.45) is 4.99 Å². The smallest absolute Gasteiger partial charge is 0.338 e. The third kappa shape index (κ3) is 5.50. The number of esters is 1. The zero-order valence-corrected chi connectivity index (χ0v) is 26.6. The first-order valence-electron chi connectivity index (χ1n) is 11.8. The second kappa shape index (κ2) is 12.2. The summed E-state index contributed by atoms with van der Waals surface area (Å²) in [5, 5.41) is 0. The first kappa shape index (κ1) is 28.6. The molecule has 2 aromatic carbocycles.